The van der Waals surface area contributed by atoms with Crippen molar-refractivity contribution in [1.82, 2.24) is 4.90 Å². The molecule has 1 N–H and O–H groups in total. The van der Waals surface area contributed by atoms with Gasteiger partial charge in [-0.3, -0.25) is 0 Å². The van der Waals surface area contributed by atoms with Gasteiger partial charge in [-0.2, -0.15) is 0 Å². The highest BCUT2D eigenvalue weighted by Gasteiger charge is 2.35. The van der Waals surface area contributed by atoms with Crippen molar-refractivity contribution < 1.29 is 9.53 Å². The summed E-state index contributed by atoms with van der Waals surface area (Å²) in [5, 5.41) is 3.06. The van der Waals surface area contributed by atoms with Gasteiger partial charge in [0.05, 0.1) is 13.2 Å². The topological polar surface area (TPSA) is 41.6 Å². The number of aryl methyl sites for hydroxylation is 1. The van der Waals surface area contributed by atoms with Crippen molar-refractivity contribution in [2.24, 2.45) is 0 Å². The fourth-order valence-electron chi connectivity index (χ4n) is 4.19. The minimum Gasteiger partial charge on any atom is -0.497 e. The van der Waals surface area contributed by atoms with Crippen LogP contribution in [0, 0.1) is 6.92 Å². The average Bonchev–Trinajstić information content (AvgIpc) is 3.08. The van der Waals surface area contributed by atoms with Crippen molar-refractivity contribution in [2.45, 2.75) is 32.7 Å². The Morgan fingerprint density at radius 2 is 2.00 bits per heavy atom. The van der Waals surface area contributed by atoms with Crippen molar-refractivity contribution in [3.05, 3.63) is 81.0 Å². The van der Waals surface area contributed by atoms with E-state index in [0.29, 0.717) is 6.54 Å². The fourth-order valence-corrected chi connectivity index (χ4v) is 5.64. The van der Waals surface area contributed by atoms with Gasteiger partial charge in [-0.05, 0) is 48.6 Å². The number of nitrogens with zero attached hydrogens (tertiary/aromatic N) is 1. The molecule has 0 aliphatic carbocycles. The lowest BCUT2D eigenvalue weighted by Crippen LogP contribution is -2.42. The first-order valence-corrected chi connectivity index (χ1v) is 10.8. The van der Waals surface area contributed by atoms with Gasteiger partial charge in [-0.25, -0.2) is 4.79 Å². The molecule has 0 saturated heterocycles. The molecule has 1 aromatic heterocycles. The summed E-state index contributed by atoms with van der Waals surface area (Å²) in [6.45, 7) is 5.12. The highest BCUT2D eigenvalue weighted by Crippen LogP contribution is 2.43. The van der Waals surface area contributed by atoms with E-state index in [0.717, 1.165) is 29.8 Å². The maximum absolute atomic E-state index is 13.3. The largest absolute Gasteiger partial charge is 0.497 e. The van der Waals surface area contributed by atoms with E-state index >= 15 is 0 Å². The molecule has 0 unspecified atom stereocenters. The number of carbonyl (C=O) groups excluding carboxylic acids is 1. The molecule has 2 aromatic carbocycles. The third kappa shape index (κ3) is 3.75. The van der Waals surface area contributed by atoms with E-state index in [9.17, 15) is 4.79 Å². The Balaban J connectivity index is 1.70. The molecule has 29 heavy (non-hydrogen) atoms. The van der Waals surface area contributed by atoms with E-state index in [1.165, 1.54) is 20.9 Å². The van der Waals surface area contributed by atoms with Gasteiger partial charge in [0.2, 0.25) is 0 Å². The highest BCUT2D eigenvalue weighted by atomic mass is 32.1. The highest BCUT2D eigenvalue weighted by molar-refractivity contribution is 7.12. The summed E-state index contributed by atoms with van der Waals surface area (Å²) in [5.74, 6) is 0.727. The van der Waals surface area contributed by atoms with E-state index in [4.69, 9.17) is 4.74 Å². The molecule has 4 nitrogen and oxygen atoms in total. The number of urea groups is 1. The van der Waals surface area contributed by atoms with Crippen LogP contribution in [0.1, 0.15) is 39.4 Å². The maximum atomic E-state index is 13.3. The van der Waals surface area contributed by atoms with Crippen LogP contribution in [0.4, 0.5) is 10.5 Å². The lowest BCUT2D eigenvalue weighted by atomic mass is 9.92. The van der Waals surface area contributed by atoms with Gasteiger partial charge < -0.3 is 15.0 Å². The first-order chi connectivity index (χ1) is 14.1. The number of benzene rings is 2. The van der Waals surface area contributed by atoms with Crippen LogP contribution in [-0.2, 0) is 12.8 Å². The van der Waals surface area contributed by atoms with Crippen molar-refractivity contribution >= 4 is 23.1 Å². The summed E-state index contributed by atoms with van der Waals surface area (Å²) in [7, 11) is 1.63. The molecule has 2 heterocycles. The molecular weight excluding hydrogens is 380 g/mol. The summed E-state index contributed by atoms with van der Waals surface area (Å²) >= 11 is 1.84. The van der Waals surface area contributed by atoms with Gasteiger partial charge in [0.25, 0.3) is 0 Å². The summed E-state index contributed by atoms with van der Waals surface area (Å²) in [6.07, 6.45) is 1.94. The van der Waals surface area contributed by atoms with Crippen molar-refractivity contribution in [2.75, 3.05) is 19.0 Å². The summed E-state index contributed by atoms with van der Waals surface area (Å²) in [6, 6.07) is 17.7. The van der Waals surface area contributed by atoms with E-state index in [2.05, 4.69) is 31.3 Å². The molecule has 0 saturated carbocycles. The summed E-state index contributed by atoms with van der Waals surface area (Å²) in [5.41, 5.74) is 4.79. The van der Waals surface area contributed by atoms with Crippen LogP contribution in [0.25, 0.3) is 0 Å². The first-order valence-electron chi connectivity index (χ1n) is 10.00. The summed E-state index contributed by atoms with van der Waals surface area (Å²) in [4.78, 5) is 17.9. The van der Waals surface area contributed by atoms with Crippen LogP contribution in [0.15, 0.2) is 54.6 Å². The maximum Gasteiger partial charge on any atom is 0.322 e. The molecule has 5 heteroatoms. The molecular formula is C24H26N2O2S. The molecule has 0 fully saturated rings. The second-order valence-corrected chi connectivity index (χ2v) is 8.51. The van der Waals surface area contributed by atoms with Crippen molar-refractivity contribution in [3.63, 3.8) is 0 Å². The number of rotatable bonds is 4. The quantitative estimate of drug-likeness (QED) is 0.594. The molecule has 1 atom stereocenters. The molecule has 4 rings (SSSR count). The number of nitrogens with one attached hydrogen (secondary N) is 1. The lowest BCUT2D eigenvalue weighted by Gasteiger charge is -2.36. The smallest absolute Gasteiger partial charge is 0.322 e. The van der Waals surface area contributed by atoms with Gasteiger partial charge in [0.1, 0.15) is 5.75 Å². The minimum absolute atomic E-state index is 0.0606. The minimum atomic E-state index is -0.0816. The number of thiophene rings is 1. The predicted octanol–water partition coefficient (Wildman–Crippen LogP) is 5.81. The van der Waals surface area contributed by atoms with Crippen molar-refractivity contribution in [1.29, 1.82) is 0 Å². The van der Waals surface area contributed by atoms with Crippen LogP contribution in [0.2, 0.25) is 0 Å². The van der Waals surface area contributed by atoms with Crippen LogP contribution < -0.4 is 10.1 Å². The standard InChI is InChI=1S/C24H26N2O2S/c1-4-20-16(2)29-23-21(20)13-14-26(22(23)17-9-6-5-7-10-17)24(27)25-18-11-8-12-19(15-18)28-3/h5-12,15,22H,4,13-14H2,1-3H3,(H,25,27)/t22-/m1/s1. The normalized spacial score (nSPS) is 15.7. The Labute approximate surface area is 176 Å². The van der Waals surface area contributed by atoms with Crippen LogP contribution in [0.5, 0.6) is 5.75 Å². The van der Waals surface area contributed by atoms with Gasteiger partial charge >= 0.3 is 6.03 Å². The Hall–Kier alpha value is -2.79. The van der Waals surface area contributed by atoms with E-state index in [1.807, 2.05) is 58.7 Å². The molecule has 0 radical (unpaired) electrons. The second-order valence-electron chi connectivity index (χ2n) is 7.25. The number of methoxy groups -OCH3 is 1. The number of hydrogen-bond acceptors (Lipinski definition) is 3. The number of amides is 2. The third-order valence-electron chi connectivity index (χ3n) is 5.56. The second kappa shape index (κ2) is 8.29. The van der Waals surface area contributed by atoms with Gasteiger partial charge in [-0.1, -0.05) is 43.3 Å². The lowest BCUT2D eigenvalue weighted by molar-refractivity contribution is 0.195. The molecule has 150 valence electrons. The molecule has 3 aromatic rings. The Morgan fingerprint density at radius 1 is 1.21 bits per heavy atom. The monoisotopic (exact) mass is 406 g/mol. The SMILES string of the molecule is CCc1c(C)sc2c1CCN(C(=O)Nc1cccc(OC)c1)[C@@H]2c1ccccc1. The van der Waals surface area contributed by atoms with Gasteiger partial charge in [0.15, 0.2) is 0 Å². The Kier molecular flexibility index (Phi) is 5.58. The Bertz CT molecular complexity index is 1010. The number of carbonyl (C=O) groups is 1. The Morgan fingerprint density at radius 3 is 2.72 bits per heavy atom. The fraction of sp³-hybridized carbons (Fsp3) is 0.292. The van der Waals surface area contributed by atoms with Crippen LogP contribution >= 0.6 is 11.3 Å². The number of anilines is 1. The van der Waals surface area contributed by atoms with E-state index < -0.39 is 0 Å². The van der Waals surface area contributed by atoms with Crippen LogP contribution in [0.3, 0.4) is 0 Å². The van der Waals surface area contributed by atoms with E-state index in [1.54, 1.807) is 7.11 Å². The van der Waals surface area contributed by atoms with Crippen molar-refractivity contribution in [3.8, 4) is 5.75 Å². The zero-order valence-electron chi connectivity index (χ0n) is 17.1. The molecule has 1 aliphatic heterocycles. The molecule has 0 bridgehead atoms. The summed E-state index contributed by atoms with van der Waals surface area (Å²) < 4.78 is 5.28. The average molecular weight is 407 g/mol. The number of fused-ring (bicyclic) bond motifs is 1. The van der Waals surface area contributed by atoms with E-state index in [-0.39, 0.29) is 12.1 Å². The zero-order valence-corrected chi connectivity index (χ0v) is 17.9. The number of hydrogen-bond donors (Lipinski definition) is 1. The molecule has 2 amide bonds. The van der Waals surface area contributed by atoms with Gasteiger partial charge in [-0.15, -0.1) is 11.3 Å². The third-order valence-corrected chi connectivity index (χ3v) is 6.81. The van der Waals surface area contributed by atoms with Gasteiger partial charge in [0, 0.05) is 28.1 Å². The predicted molar refractivity (Wildman–Crippen MR) is 119 cm³/mol. The van der Waals surface area contributed by atoms with Crippen LogP contribution in [-0.4, -0.2) is 24.6 Å². The first kappa shape index (κ1) is 19.5. The molecule has 1 aliphatic rings. The zero-order chi connectivity index (χ0) is 20.4. The molecule has 0 spiro atoms. The number of ether oxygens (including phenoxy) is 1.